The summed E-state index contributed by atoms with van der Waals surface area (Å²) in [6, 6.07) is 7.09. The molecule has 1 atom stereocenters. The zero-order valence-corrected chi connectivity index (χ0v) is 14.9. The number of nitrogens with zero attached hydrogens (tertiary/aromatic N) is 2. The standard InChI is InChI=1S/C19H22N2O2S/c1-14-7-9-15(10-8-14)24(22,23)21-18-6-4-3-5-16(18)17-13-20(2)12-11-19(17)21/h3-5,7-10,18H,6,11-13H2,1-2H3. The van der Waals surface area contributed by atoms with E-state index in [9.17, 15) is 8.42 Å². The van der Waals surface area contributed by atoms with Gasteiger partial charge in [-0.3, -0.25) is 4.31 Å². The second-order valence-electron chi connectivity index (χ2n) is 6.83. The molecule has 5 heteroatoms. The summed E-state index contributed by atoms with van der Waals surface area (Å²) in [4.78, 5) is 2.64. The average molecular weight is 342 g/mol. The number of benzene rings is 1. The minimum absolute atomic E-state index is 0.0854. The fourth-order valence-electron chi connectivity index (χ4n) is 3.85. The highest BCUT2D eigenvalue weighted by Crippen LogP contribution is 2.44. The van der Waals surface area contributed by atoms with Gasteiger partial charge in [-0.25, -0.2) is 8.42 Å². The van der Waals surface area contributed by atoms with Gasteiger partial charge < -0.3 is 4.90 Å². The van der Waals surface area contributed by atoms with Crippen molar-refractivity contribution in [2.24, 2.45) is 0 Å². The second kappa shape index (κ2) is 5.60. The molecule has 0 amide bonds. The van der Waals surface area contributed by atoms with Crippen LogP contribution in [0.15, 0.2) is 64.2 Å². The molecule has 0 saturated carbocycles. The van der Waals surface area contributed by atoms with Gasteiger partial charge in [-0.15, -0.1) is 0 Å². The quantitative estimate of drug-likeness (QED) is 0.830. The van der Waals surface area contributed by atoms with Crippen molar-refractivity contribution < 1.29 is 8.42 Å². The fourth-order valence-corrected chi connectivity index (χ4v) is 5.59. The molecule has 1 aromatic rings. The zero-order valence-electron chi connectivity index (χ0n) is 14.1. The van der Waals surface area contributed by atoms with Crippen molar-refractivity contribution in [1.82, 2.24) is 9.21 Å². The van der Waals surface area contributed by atoms with Crippen molar-refractivity contribution >= 4 is 10.0 Å². The van der Waals surface area contributed by atoms with Gasteiger partial charge >= 0.3 is 0 Å². The molecule has 2 aliphatic heterocycles. The predicted octanol–water partition coefficient (Wildman–Crippen LogP) is 2.84. The molecule has 0 saturated heterocycles. The number of hydrogen-bond donors (Lipinski definition) is 0. The Kier molecular flexibility index (Phi) is 3.66. The Balaban J connectivity index is 1.83. The first-order valence-electron chi connectivity index (χ1n) is 8.37. The summed E-state index contributed by atoms with van der Waals surface area (Å²) in [5.41, 5.74) is 4.44. The summed E-state index contributed by atoms with van der Waals surface area (Å²) < 4.78 is 28.4. The Morgan fingerprint density at radius 2 is 1.92 bits per heavy atom. The van der Waals surface area contributed by atoms with Crippen LogP contribution in [0.5, 0.6) is 0 Å². The first-order valence-corrected chi connectivity index (χ1v) is 9.81. The summed E-state index contributed by atoms with van der Waals surface area (Å²) in [6.07, 6.45) is 7.73. The van der Waals surface area contributed by atoms with Gasteiger partial charge in [0, 0.05) is 25.2 Å². The van der Waals surface area contributed by atoms with Gasteiger partial charge in [-0.2, -0.15) is 0 Å². The maximum absolute atomic E-state index is 13.4. The summed E-state index contributed by atoms with van der Waals surface area (Å²) >= 11 is 0. The SMILES string of the molecule is Cc1ccc(S(=O)(=O)N2C3=C(CN(C)CC3)C3=CC=CCC32)cc1. The van der Waals surface area contributed by atoms with Gasteiger partial charge in [0.2, 0.25) is 0 Å². The van der Waals surface area contributed by atoms with Gasteiger partial charge in [0.1, 0.15) is 0 Å². The van der Waals surface area contributed by atoms with Crippen LogP contribution in [-0.4, -0.2) is 43.8 Å². The van der Waals surface area contributed by atoms with Crippen molar-refractivity contribution in [2.75, 3.05) is 20.1 Å². The van der Waals surface area contributed by atoms with Crippen LogP contribution in [0.25, 0.3) is 0 Å². The Labute approximate surface area is 143 Å². The molecule has 0 aromatic heterocycles. The average Bonchev–Trinajstić information content (AvgIpc) is 2.90. The normalized spacial score (nSPS) is 24.0. The van der Waals surface area contributed by atoms with Crippen LogP contribution < -0.4 is 0 Å². The van der Waals surface area contributed by atoms with Crippen LogP contribution in [0.4, 0.5) is 0 Å². The largest absolute Gasteiger partial charge is 0.302 e. The molecule has 0 bridgehead atoms. The van der Waals surface area contributed by atoms with Crippen molar-refractivity contribution in [3.8, 4) is 0 Å². The number of likely N-dealkylation sites (N-methyl/N-ethyl adjacent to an activating group) is 1. The number of sulfonamides is 1. The highest BCUT2D eigenvalue weighted by Gasteiger charge is 2.44. The molecule has 24 heavy (non-hydrogen) atoms. The molecule has 4 rings (SSSR count). The topological polar surface area (TPSA) is 40.6 Å². The third-order valence-corrected chi connectivity index (χ3v) is 6.97. The van der Waals surface area contributed by atoms with Crippen molar-refractivity contribution in [1.29, 1.82) is 0 Å². The summed E-state index contributed by atoms with van der Waals surface area (Å²) in [5, 5.41) is 0. The van der Waals surface area contributed by atoms with Crippen molar-refractivity contribution in [3.05, 3.63) is 64.9 Å². The number of aryl methyl sites for hydroxylation is 1. The summed E-state index contributed by atoms with van der Waals surface area (Å²) in [7, 11) is -1.44. The van der Waals surface area contributed by atoms with Gasteiger partial charge in [-0.05, 0) is 43.7 Å². The van der Waals surface area contributed by atoms with Crippen LogP contribution >= 0.6 is 0 Å². The molecular weight excluding hydrogens is 320 g/mol. The van der Waals surface area contributed by atoms with E-state index < -0.39 is 10.0 Å². The van der Waals surface area contributed by atoms with E-state index in [1.807, 2.05) is 25.1 Å². The maximum Gasteiger partial charge on any atom is 0.264 e. The van der Waals surface area contributed by atoms with Crippen molar-refractivity contribution in [2.45, 2.75) is 30.7 Å². The fraction of sp³-hybridized carbons (Fsp3) is 0.368. The predicted molar refractivity (Wildman–Crippen MR) is 95.0 cm³/mol. The lowest BCUT2D eigenvalue weighted by atomic mass is 9.94. The van der Waals surface area contributed by atoms with E-state index in [1.165, 1.54) is 11.1 Å². The minimum Gasteiger partial charge on any atom is -0.302 e. The minimum atomic E-state index is -3.53. The van der Waals surface area contributed by atoms with Gasteiger partial charge in [0.15, 0.2) is 0 Å². The second-order valence-corrected chi connectivity index (χ2v) is 8.64. The molecule has 0 fully saturated rings. The molecular formula is C19H22N2O2S. The Bertz CT molecular complexity index is 863. The lowest BCUT2D eigenvalue weighted by molar-refractivity contribution is 0.333. The van der Waals surface area contributed by atoms with Crippen molar-refractivity contribution in [3.63, 3.8) is 0 Å². The highest BCUT2D eigenvalue weighted by molar-refractivity contribution is 7.89. The molecule has 1 aromatic carbocycles. The van der Waals surface area contributed by atoms with E-state index in [1.54, 1.807) is 16.4 Å². The number of allylic oxidation sites excluding steroid dienone is 2. The Hall–Kier alpha value is -1.85. The molecule has 3 aliphatic rings. The smallest absolute Gasteiger partial charge is 0.264 e. The molecule has 4 nitrogen and oxygen atoms in total. The molecule has 2 heterocycles. The van der Waals surface area contributed by atoms with Crippen LogP contribution in [0.2, 0.25) is 0 Å². The first kappa shape index (κ1) is 15.7. The summed E-state index contributed by atoms with van der Waals surface area (Å²) in [5.74, 6) is 0. The van der Waals surface area contributed by atoms with E-state index in [4.69, 9.17) is 0 Å². The maximum atomic E-state index is 13.4. The number of fused-ring (bicyclic) bond motifs is 2. The Morgan fingerprint density at radius 3 is 2.67 bits per heavy atom. The zero-order chi connectivity index (χ0) is 16.9. The van der Waals surface area contributed by atoms with E-state index in [0.29, 0.717) is 4.90 Å². The molecule has 0 radical (unpaired) electrons. The van der Waals surface area contributed by atoms with Crippen LogP contribution in [0.1, 0.15) is 18.4 Å². The van der Waals surface area contributed by atoms with E-state index in [2.05, 4.69) is 24.1 Å². The Morgan fingerprint density at radius 1 is 1.17 bits per heavy atom. The van der Waals surface area contributed by atoms with Gasteiger partial charge in [-0.1, -0.05) is 35.9 Å². The highest BCUT2D eigenvalue weighted by atomic mass is 32.2. The summed E-state index contributed by atoms with van der Waals surface area (Å²) in [6.45, 7) is 3.69. The van der Waals surface area contributed by atoms with Crippen LogP contribution in [-0.2, 0) is 10.0 Å². The lowest BCUT2D eigenvalue weighted by Gasteiger charge is -2.31. The number of rotatable bonds is 2. The third kappa shape index (κ3) is 2.34. The molecule has 0 spiro atoms. The molecule has 1 aliphatic carbocycles. The van der Waals surface area contributed by atoms with Gasteiger partial charge in [0.05, 0.1) is 10.9 Å². The lowest BCUT2D eigenvalue weighted by Crippen LogP contribution is -2.38. The van der Waals surface area contributed by atoms with E-state index in [0.717, 1.165) is 37.2 Å². The third-order valence-electron chi connectivity index (χ3n) is 5.11. The molecule has 0 N–H and O–H groups in total. The monoisotopic (exact) mass is 342 g/mol. The number of hydrogen-bond acceptors (Lipinski definition) is 3. The van der Waals surface area contributed by atoms with Gasteiger partial charge in [0.25, 0.3) is 10.0 Å². The van der Waals surface area contributed by atoms with Crippen LogP contribution in [0, 0.1) is 6.92 Å². The van der Waals surface area contributed by atoms with E-state index in [-0.39, 0.29) is 6.04 Å². The van der Waals surface area contributed by atoms with E-state index >= 15 is 0 Å². The first-order chi connectivity index (χ1) is 11.5. The molecule has 126 valence electrons. The van der Waals surface area contributed by atoms with Crippen LogP contribution in [0.3, 0.4) is 0 Å². The molecule has 1 unspecified atom stereocenters.